The third kappa shape index (κ3) is 6.03. The molecule has 0 saturated heterocycles. The van der Waals surface area contributed by atoms with Gasteiger partial charge < -0.3 is 10.2 Å². The molecule has 28 heavy (non-hydrogen) atoms. The van der Waals surface area contributed by atoms with E-state index in [9.17, 15) is 22.8 Å². The number of carbonyl (C=O) groups excluding carboxylic acids is 2. The Balaban J connectivity index is 2.16. The van der Waals surface area contributed by atoms with Gasteiger partial charge in [-0.2, -0.15) is 13.2 Å². The van der Waals surface area contributed by atoms with Crippen molar-refractivity contribution in [2.24, 2.45) is 0 Å². The van der Waals surface area contributed by atoms with E-state index < -0.39 is 17.6 Å². The van der Waals surface area contributed by atoms with Gasteiger partial charge in [0, 0.05) is 30.1 Å². The van der Waals surface area contributed by atoms with Crippen LogP contribution in [-0.2, 0) is 11.0 Å². The number of benzene rings is 2. The zero-order valence-electron chi connectivity index (χ0n) is 14.9. The number of hydrogen-bond acceptors (Lipinski definition) is 3. The molecule has 0 unspecified atom stereocenters. The molecule has 2 amide bonds. The van der Waals surface area contributed by atoms with Gasteiger partial charge in [0.1, 0.15) is 0 Å². The summed E-state index contributed by atoms with van der Waals surface area (Å²) in [6.07, 6.45) is -2.23. The van der Waals surface area contributed by atoms with Gasteiger partial charge >= 0.3 is 6.18 Å². The maximum Gasteiger partial charge on any atom is 0.416 e. The molecule has 0 radical (unpaired) electrons. The van der Waals surface area contributed by atoms with Crippen LogP contribution >= 0.6 is 23.4 Å². The first-order chi connectivity index (χ1) is 13.1. The van der Waals surface area contributed by atoms with E-state index in [-0.39, 0.29) is 15.8 Å². The predicted octanol–water partition coefficient (Wildman–Crippen LogP) is 5.78. The monoisotopic (exact) mass is 428 g/mol. The number of para-hydroxylation sites is 1. The number of halogens is 4. The topological polar surface area (TPSA) is 49.4 Å². The van der Waals surface area contributed by atoms with Crippen molar-refractivity contribution in [3.05, 3.63) is 64.7 Å². The highest BCUT2D eigenvalue weighted by molar-refractivity contribution is 8.13. The highest BCUT2D eigenvalue weighted by Gasteiger charge is 2.30. The number of thioether (sulfide) groups is 1. The van der Waals surface area contributed by atoms with Gasteiger partial charge in [-0.1, -0.05) is 23.7 Å². The second kappa shape index (κ2) is 9.16. The minimum atomic E-state index is -4.51. The zero-order valence-corrected chi connectivity index (χ0v) is 16.5. The van der Waals surface area contributed by atoms with Gasteiger partial charge in [0.2, 0.25) is 5.91 Å². The van der Waals surface area contributed by atoms with Crippen LogP contribution in [-0.4, -0.2) is 30.1 Å². The molecule has 0 heterocycles. The summed E-state index contributed by atoms with van der Waals surface area (Å²) < 4.78 is 38.4. The lowest BCUT2D eigenvalue weighted by molar-refractivity contribution is -0.137. The maximum absolute atomic E-state index is 12.8. The Labute approximate surface area is 169 Å². The van der Waals surface area contributed by atoms with Crippen LogP contribution in [0.5, 0.6) is 0 Å². The molecule has 0 aliphatic carbocycles. The van der Waals surface area contributed by atoms with Gasteiger partial charge in [0.05, 0.1) is 11.3 Å². The summed E-state index contributed by atoms with van der Waals surface area (Å²) in [6, 6.07) is 9.57. The number of hydrogen-bond donors (Lipinski definition) is 1. The molecule has 0 spiro atoms. The minimum absolute atomic E-state index is 0.0667. The Hall–Kier alpha value is -2.45. The number of nitrogens with one attached hydrogen (secondary N) is 1. The van der Waals surface area contributed by atoms with Crippen molar-refractivity contribution in [2.75, 3.05) is 19.4 Å². The van der Waals surface area contributed by atoms with Gasteiger partial charge in [-0.3, -0.25) is 9.59 Å². The fourth-order valence-corrected chi connectivity index (χ4v) is 2.96. The largest absolute Gasteiger partial charge is 0.416 e. The third-order valence-electron chi connectivity index (χ3n) is 3.44. The molecule has 0 bridgehead atoms. The lowest BCUT2D eigenvalue weighted by atomic mass is 10.1. The predicted molar refractivity (Wildman–Crippen MR) is 105 cm³/mol. The summed E-state index contributed by atoms with van der Waals surface area (Å²) in [5, 5.41) is 2.48. The Morgan fingerprint density at radius 3 is 2.46 bits per heavy atom. The van der Waals surface area contributed by atoms with E-state index in [0.29, 0.717) is 10.6 Å². The molecule has 0 fully saturated rings. The van der Waals surface area contributed by atoms with Crippen LogP contribution < -0.4 is 5.32 Å². The molecule has 2 aromatic carbocycles. The Morgan fingerprint density at radius 2 is 1.82 bits per heavy atom. The van der Waals surface area contributed by atoms with E-state index in [4.69, 9.17) is 11.6 Å². The van der Waals surface area contributed by atoms with Crippen molar-refractivity contribution < 1.29 is 22.8 Å². The van der Waals surface area contributed by atoms with E-state index in [1.807, 2.05) is 0 Å². The second-order valence-electron chi connectivity index (χ2n) is 5.82. The molecule has 0 atom stereocenters. The Bertz CT molecular complexity index is 914. The van der Waals surface area contributed by atoms with Crippen molar-refractivity contribution >= 4 is 46.3 Å². The summed E-state index contributed by atoms with van der Waals surface area (Å²) in [4.78, 5) is 26.0. The van der Waals surface area contributed by atoms with Crippen LogP contribution in [0.2, 0.25) is 5.02 Å². The SMILES string of the molecule is CN(C)C(=O)Sc1ccccc1NC(=O)/C=C/c1cc(C(F)(F)F)ccc1Cl. The molecule has 0 aliphatic rings. The molecule has 0 aliphatic heterocycles. The van der Waals surface area contributed by atoms with E-state index >= 15 is 0 Å². The molecule has 4 nitrogen and oxygen atoms in total. The summed E-state index contributed by atoms with van der Waals surface area (Å²) in [6.45, 7) is 0. The van der Waals surface area contributed by atoms with Gasteiger partial charge in [-0.05, 0) is 53.7 Å². The fraction of sp³-hybridized carbons (Fsp3) is 0.158. The van der Waals surface area contributed by atoms with Crippen LogP contribution in [0.1, 0.15) is 11.1 Å². The van der Waals surface area contributed by atoms with Crippen LogP contribution in [0.3, 0.4) is 0 Å². The first kappa shape index (κ1) is 21.8. The van der Waals surface area contributed by atoms with E-state index in [1.54, 1.807) is 38.4 Å². The third-order valence-corrected chi connectivity index (χ3v) is 4.90. The first-order valence-corrected chi connectivity index (χ1v) is 9.11. The number of alkyl halides is 3. The van der Waals surface area contributed by atoms with Gasteiger partial charge in [-0.15, -0.1) is 0 Å². The van der Waals surface area contributed by atoms with Crippen molar-refractivity contribution in [2.45, 2.75) is 11.1 Å². The summed E-state index contributed by atoms with van der Waals surface area (Å²) in [5.74, 6) is -0.571. The second-order valence-corrected chi connectivity index (χ2v) is 7.22. The standard InChI is InChI=1S/C19H16ClF3N2O2S/c1-25(2)18(27)28-16-6-4-3-5-15(16)24-17(26)10-7-12-11-13(19(21,22)23)8-9-14(12)20/h3-11H,1-2H3,(H,24,26)/b10-7+. The molecule has 148 valence electrons. The molecule has 2 aromatic rings. The number of carbonyl (C=O) groups is 2. The van der Waals surface area contributed by atoms with Gasteiger partial charge in [-0.25, -0.2) is 0 Å². The summed E-state index contributed by atoms with van der Waals surface area (Å²) >= 11 is 6.85. The van der Waals surface area contributed by atoms with Gasteiger partial charge in [0.15, 0.2) is 0 Å². The Morgan fingerprint density at radius 1 is 1.14 bits per heavy atom. The molecular formula is C19H16ClF3N2O2S. The van der Waals surface area contributed by atoms with Crippen molar-refractivity contribution in [1.82, 2.24) is 4.90 Å². The lowest BCUT2D eigenvalue weighted by Crippen LogP contribution is -2.16. The van der Waals surface area contributed by atoms with Crippen LogP contribution in [0.4, 0.5) is 23.7 Å². The quantitative estimate of drug-likeness (QED) is 0.495. The average Bonchev–Trinajstić information content (AvgIpc) is 2.61. The lowest BCUT2D eigenvalue weighted by Gasteiger charge is -2.12. The van der Waals surface area contributed by atoms with E-state index in [0.717, 1.165) is 36.0 Å². The normalized spacial score (nSPS) is 11.5. The highest BCUT2D eigenvalue weighted by atomic mass is 35.5. The maximum atomic E-state index is 12.8. The highest BCUT2D eigenvalue weighted by Crippen LogP contribution is 2.32. The molecule has 0 aromatic heterocycles. The van der Waals surface area contributed by atoms with Gasteiger partial charge in [0.25, 0.3) is 5.24 Å². The first-order valence-electron chi connectivity index (χ1n) is 7.92. The van der Waals surface area contributed by atoms with Crippen molar-refractivity contribution in [1.29, 1.82) is 0 Å². The summed E-state index contributed by atoms with van der Waals surface area (Å²) in [5.41, 5.74) is -0.384. The van der Waals surface area contributed by atoms with Crippen LogP contribution in [0.15, 0.2) is 53.4 Å². The smallest absolute Gasteiger partial charge is 0.339 e. The molecule has 0 saturated carbocycles. The van der Waals surface area contributed by atoms with E-state index in [1.165, 1.54) is 11.0 Å². The number of amides is 2. The fourth-order valence-electron chi connectivity index (χ4n) is 2.03. The molecule has 2 rings (SSSR count). The zero-order chi connectivity index (χ0) is 20.9. The van der Waals surface area contributed by atoms with E-state index in [2.05, 4.69) is 5.32 Å². The summed E-state index contributed by atoms with van der Waals surface area (Å²) in [7, 11) is 3.22. The molecule has 1 N–H and O–H groups in total. The average molecular weight is 429 g/mol. The molecular weight excluding hydrogens is 413 g/mol. The van der Waals surface area contributed by atoms with Crippen LogP contribution in [0, 0.1) is 0 Å². The van der Waals surface area contributed by atoms with Crippen molar-refractivity contribution in [3.63, 3.8) is 0 Å². The minimum Gasteiger partial charge on any atom is -0.339 e. The molecule has 9 heteroatoms. The number of anilines is 1. The Kier molecular flexibility index (Phi) is 7.15. The number of nitrogens with zero attached hydrogens (tertiary/aromatic N) is 1. The van der Waals surface area contributed by atoms with Crippen LogP contribution in [0.25, 0.3) is 6.08 Å². The number of rotatable bonds is 4. The van der Waals surface area contributed by atoms with Crippen molar-refractivity contribution in [3.8, 4) is 0 Å².